The van der Waals surface area contributed by atoms with E-state index in [4.69, 9.17) is 16.0 Å². The van der Waals surface area contributed by atoms with Crippen LogP contribution in [0.5, 0.6) is 0 Å². The van der Waals surface area contributed by atoms with Gasteiger partial charge in [-0.05, 0) is 43.3 Å². The van der Waals surface area contributed by atoms with Crippen LogP contribution in [0.25, 0.3) is 0 Å². The smallest absolute Gasteiger partial charge is 0.319 e. The van der Waals surface area contributed by atoms with Crippen molar-refractivity contribution in [3.8, 4) is 0 Å². The number of anilines is 1. The largest absolute Gasteiger partial charge is 0.469 e. The summed E-state index contributed by atoms with van der Waals surface area (Å²) in [7, 11) is 0. The van der Waals surface area contributed by atoms with E-state index in [1.807, 2.05) is 0 Å². The lowest BCUT2D eigenvalue weighted by molar-refractivity contribution is 0.0577. The summed E-state index contributed by atoms with van der Waals surface area (Å²) >= 11 is 5.77. The number of benzene rings is 1. The first-order chi connectivity index (χ1) is 9.94. The quantitative estimate of drug-likeness (QED) is 0.794. The average Bonchev–Trinajstić information content (AvgIpc) is 2.91. The summed E-state index contributed by atoms with van der Waals surface area (Å²) in [4.78, 5) is 11.8. The zero-order valence-electron chi connectivity index (χ0n) is 11.6. The predicted octanol–water partition coefficient (Wildman–Crippen LogP) is 3.05. The highest BCUT2D eigenvalue weighted by molar-refractivity contribution is 6.30. The number of urea groups is 1. The van der Waals surface area contributed by atoms with Crippen molar-refractivity contribution in [2.24, 2.45) is 0 Å². The molecular formula is C15H17ClN2O3. The Balaban J connectivity index is 1.81. The second-order valence-electron chi connectivity index (χ2n) is 5.07. The predicted molar refractivity (Wildman–Crippen MR) is 81.5 cm³/mol. The van der Waals surface area contributed by atoms with Gasteiger partial charge in [-0.3, -0.25) is 0 Å². The van der Waals surface area contributed by atoms with Crippen molar-refractivity contribution in [3.05, 3.63) is 53.4 Å². The molecule has 1 unspecified atom stereocenters. The van der Waals surface area contributed by atoms with Crippen molar-refractivity contribution < 1.29 is 14.3 Å². The Labute approximate surface area is 127 Å². The van der Waals surface area contributed by atoms with Gasteiger partial charge in [0, 0.05) is 23.7 Å². The molecular weight excluding hydrogens is 292 g/mol. The standard InChI is InChI=1S/C15H17ClN2O3/c1-15(20,9-13-3-2-8-21-13)10-17-14(19)18-12-6-4-11(16)5-7-12/h2-8,20H,9-10H2,1H3,(H2,17,18,19). The molecule has 0 saturated heterocycles. The third kappa shape index (κ3) is 5.13. The summed E-state index contributed by atoms with van der Waals surface area (Å²) in [6, 6.07) is 9.91. The second-order valence-corrected chi connectivity index (χ2v) is 5.50. The molecule has 0 radical (unpaired) electrons. The van der Waals surface area contributed by atoms with Gasteiger partial charge in [-0.1, -0.05) is 11.6 Å². The van der Waals surface area contributed by atoms with Crippen LogP contribution in [0.3, 0.4) is 0 Å². The molecule has 0 aliphatic carbocycles. The SMILES string of the molecule is CC(O)(CNC(=O)Nc1ccc(Cl)cc1)Cc1ccco1. The Kier molecular flexibility index (Phi) is 4.88. The monoisotopic (exact) mass is 308 g/mol. The van der Waals surface area contributed by atoms with E-state index in [0.717, 1.165) is 0 Å². The number of carbonyl (C=O) groups is 1. The van der Waals surface area contributed by atoms with E-state index in [0.29, 0.717) is 22.9 Å². The van der Waals surface area contributed by atoms with Crippen molar-refractivity contribution in [2.75, 3.05) is 11.9 Å². The van der Waals surface area contributed by atoms with E-state index < -0.39 is 11.6 Å². The zero-order chi connectivity index (χ0) is 15.3. The lowest BCUT2D eigenvalue weighted by atomic mass is 10.0. The van der Waals surface area contributed by atoms with Crippen molar-refractivity contribution in [3.63, 3.8) is 0 Å². The summed E-state index contributed by atoms with van der Waals surface area (Å²) < 4.78 is 5.18. The maximum Gasteiger partial charge on any atom is 0.319 e. The summed E-state index contributed by atoms with van der Waals surface area (Å²) in [5.41, 5.74) is -0.461. The van der Waals surface area contributed by atoms with E-state index >= 15 is 0 Å². The number of amides is 2. The molecule has 112 valence electrons. The van der Waals surface area contributed by atoms with Crippen LogP contribution in [0.15, 0.2) is 47.1 Å². The number of furan rings is 1. The molecule has 0 aliphatic rings. The molecule has 0 aliphatic heterocycles. The van der Waals surface area contributed by atoms with Crippen molar-refractivity contribution in [1.29, 1.82) is 0 Å². The van der Waals surface area contributed by atoms with Gasteiger partial charge >= 0.3 is 6.03 Å². The number of nitrogens with one attached hydrogen (secondary N) is 2. The maximum atomic E-state index is 11.8. The summed E-state index contributed by atoms with van der Waals surface area (Å²) in [6.07, 6.45) is 1.87. The van der Waals surface area contributed by atoms with Gasteiger partial charge in [0.25, 0.3) is 0 Å². The molecule has 2 aromatic rings. The molecule has 1 heterocycles. The summed E-state index contributed by atoms with van der Waals surface area (Å²) in [5.74, 6) is 0.667. The minimum Gasteiger partial charge on any atom is -0.469 e. The Morgan fingerprint density at radius 2 is 2.05 bits per heavy atom. The van der Waals surface area contributed by atoms with Crippen LogP contribution in [-0.2, 0) is 6.42 Å². The lowest BCUT2D eigenvalue weighted by Gasteiger charge is -2.22. The van der Waals surface area contributed by atoms with Crippen molar-refractivity contribution in [2.45, 2.75) is 18.9 Å². The van der Waals surface area contributed by atoms with Crippen LogP contribution in [0.1, 0.15) is 12.7 Å². The summed E-state index contributed by atoms with van der Waals surface area (Å²) in [5, 5.41) is 16.1. The number of rotatable bonds is 5. The Morgan fingerprint density at radius 1 is 1.33 bits per heavy atom. The van der Waals surface area contributed by atoms with Crippen LogP contribution in [0.2, 0.25) is 5.02 Å². The molecule has 3 N–H and O–H groups in total. The topological polar surface area (TPSA) is 74.5 Å². The molecule has 2 amide bonds. The fourth-order valence-corrected chi connectivity index (χ4v) is 1.96. The number of carbonyl (C=O) groups excluding carboxylic acids is 1. The molecule has 0 spiro atoms. The lowest BCUT2D eigenvalue weighted by Crippen LogP contribution is -2.43. The summed E-state index contributed by atoms with van der Waals surface area (Å²) in [6.45, 7) is 1.74. The van der Waals surface area contributed by atoms with Gasteiger partial charge < -0.3 is 20.2 Å². The molecule has 6 heteroatoms. The Hall–Kier alpha value is -1.98. The molecule has 0 bridgehead atoms. The molecule has 1 atom stereocenters. The molecule has 0 saturated carbocycles. The highest BCUT2D eigenvalue weighted by Crippen LogP contribution is 2.14. The minimum atomic E-state index is -1.09. The number of aliphatic hydroxyl groups is 1. The highest BCUT2D eigenvalue weighted by Gasteiger charge is 2.23. The van der Waals surface area contributed by atoms with E-state index in [1.165, 1.54) is 0 Å². The van der Waals surface area contributed by atoms with Crippen molar-refractivity contribution in [1.82, 2.24) is 5.32 Å². The van der Waals surface area contributed by atoms with Crippen LogP contribution in [0.4, 0.5) is 10.5 Å². The van der Waals surface area contributed by atoms with Gasteiger partial charge in [-0.15, -0.1) is 0 Å². The first-order valence-corrected chi connectivity index (χ1v) is 6.88. The van der Waals surface area contributed by atoms with E-state index in [2.05, 4.69) is 10.6 Å². The van der Waals surface area contributed by atoms with Crippen LogP contribution in [-0.4, -0.2) is 23.3 Å². The molecule has 0 fully saturated rings. The van der Waals surface area contributed by atoms with E-state index in [9.17, 15) is 9.90 Å². The molecule has 5 nitrogen and oxygen atoms in total. The minimum absolute atomic E-state index is 0.104. The van der Waals surface area contributed by atoms with Gasteiger partial charge in [0.15, 0.2) is 0 Å². The highest BCUT2D eigenvalue weighted by atomic mass is 35.5. The number of hydrogen-bond donors (Lipinski definition) is 3. The first kappa shape index (κ1) is 15.4. The van der Waals surface area contributed by atoms with Gasteiger partial charge in [0.1, 0.15) is 5.76 Å². The van der Waals surface area contributed by atoms with Crippen LogP contribution >= 0.6 is 11.6 Å². The van der Waals surface area contributed by atoms with Crippen molar-refractivity contribution >= 4 is 23.3 Å². The second kappa shape index (κ2) is 6.65. The van der Waals surface area contributed by atoms with Gasteiger partial charge in [-0.2, -0.15) is 0 Å². The molecule has 21 heavy (non-hydrogen) atoms. The van der Waals surface area contributed by atoms with Crippen LogP contribution in [0, 0.1) is 0 Å². The first-order valence-electron chi connectivity index (χ1n) is 6.50. The van der Waals surface area contributed by atoms with Crippen LogP contribution < -0.4 is 10.6 Å². The average molecular weight is 309 g/mol. The molecule has 1 aromatic carbocycles. The molecule has 1 aromatic heterocycles. The molecule has 2 rings (SSSR count). The zero-order valence-corrected chi connectivity index (χ0v) is 12.4. The maximum absolute atomic E-state index is 11.8. The van der Waals surface area contributed by atoms with Gasteiger partial charge in [0.2, 0.25) is 0 Å². The van der Waals surface area contributed by atoms with E-state index in [-0.39, 0.29) is 6.54 Å². The fraction of sp³-hybridized carbons (Fsp3) is 0.267. The van der Waals surface area contributed by atoms with E-state index in [1.54, 1.807) is 49.6 Å². The van der Waals surface area contributed by atoms with Gasteiger partial charge in [0.05, 0.1) is 11.9 Å². The van der Waals surface area contributed by atoms with Gasteiger partial charge in [-0.25, -0.2) is 4.79 Å². The Bertz CT molecular complexity index is 579. The third-order valence-corrected chi connectivity index (χ3v) is 3.12. The number of halogens is 1. The third-order valence-electron chi connectivity index (χ3n) is 2.87. The Morgan fingerprint density at radius 3 is 2.67 bits per heavy atom. The normalized spacial score (nSPS) is 13.5. The number of hydrogen-bond acceptors (Lipinski definition) is 3. The fourth-order valence-electron chi connectivity index (χ4n) is 1.83.